The van der Waals surface area contributed by atoms with Crippen molar-refractivity contribution in [3.63, 3.8) is 0 Å². The topological polar surface area (TPSA) is 0 Å². The van der Waals surface area contributed by atoms with Gasteiger partial charge in [-0.05, 0) is 96.2 Å². The van der Waals surface area contributed by atoms with E-state index in [0.717, 1.165) is 25.7 Å². The summed E-state index contributed by atoms with van der Waals surface area (Å²) in [5.41, 5.74) is 16.5. The molecule has 0 N–H and O–H groups in total. The number of benzene rings is 4. The van der Waals surface area contributed by atoms with Crippen LogP contribution >= 0.6 is 0 Å². The maximum Gasteiger partial charge on any atom is 0.0719 e. The van der Waals surface area contributed by atoms with Crippen molar-refractivity contribution in [2.75, 3.05) is 0 Å². The molecule has 0 aliphatic heterocycles. The van der Waals surface area contributed by atoms with Gasteiger partial charge in [-0.25, -0.2) is 0 Å². The van der Waals surface area contributed by atoms with Gasteiger partial charge in [0, 0.05) is 0 Å². The maximum atomic E-state index is 2.52. The van der Waals surface area contributed by atoms with E-state index in [1.165, 1.54) is 66.8 Å². The average molecular weight is 459 g/mol. The van der Waals surface area contributed by atoms with Crippen LogP contribution in [0.1, 0.15) is 82.3 Å². The Kier molecular flexibility index (Phi) is 6.18. The molecule has 4 aromatic rings. The summed E-state index contributed by atoms with van der Waals surface area (Å²) in [6.45, 7) is 13.6. The third-order valence-corrected chi connectivity index (χ3v) is 7.94. The first-order valence-corrected chi connectivity index (χ1v) is 13.3. The van der Waals surface area contributed by atoms with E-state index in [9.17, 15) is 0 Å². The van der Waals surface area contributed by atoms with E-state index in [4.69, 9.17) is 0 Å². The van der Waals surface area contributed by atoms with Crippen LogP contribution in [0.2, 0.25) is 0 Å². The molecule has 1 aliphatic rings. The Bertz CT molecular complexity index is 1290. The highest BCUT2D eigenvalue weighted by atomic mass is 14.5. The van der Waals surface area contributed by atoms with Gasteiger partial charge in [-0.15, -0.1) is 0 Å². The van der Waals surface area contributed by atoms with Gasteiger partial charge >= 0.3 is 0 Å². The second-order valence-electron chi connectivity index (χ2n) is 10.6. The quantitative estimate of drug-likeness (QED) is 0.238. The zero-order valence-electron chi connectivity index (χ0n) is 22.3. The molecule has 0 saturated carbocycles. The SMILES string of the molecule is CCCc1ccc(C)c(C2(c3cc(CCC)ccc3C)c3cc(C)ccc3-c3ccc(C)cc32)c1. The Morgan fingerprint density at radius 2 is 0.914 bits per heavy atom. The summed E-state index contributed by atoms with van der Waals surface area (Å²) in [7, 11) is 0. The largest absolute Gasteiger partial charge is 0.0719 e. The predicted molar refractivity (Wildman–Crippen MR) is 151 cm³/mol. The first-order valence-electron chi connectivity index (χ1n) is 13.3. The fourth-order valence-electron chi connectivity index (χ4n) is 6.31. The molecule has 0 aromatic heterocycles. The van der Waals surface area contributed by atoms with E-state index >= 15 is 0 Å². The second kappa shape index (κ2) is 9.15. The molecule has 4 aromatic carbocycles. The smallest absolute Gasteiger partial charge is 0.0651 e. The van der Waals surface area contributed by atoms with Crippen LogP contribution in [0.15, 0.2) is 72.8 Å². The molecular formula is C35H38. The van der Waals surface area contributed by atoms with Gasteiger partial charge in [-0.3, -0.25) is 0 Å². The van der Waals surface area contributed by atoms with Crippen molar-refractivity contribution in [3.8, 4) is 11.1 Å². The van der Waals surface area contributed by atoms with Gasteiger partial charge < -0.3 is 0 Å². The lowest BCUT2D eigenvalue weighted by molar-refractivity contribution is 0.745. The Labute approximate surface area is 212 Å². The van der Waals surface area contributed by atoms with E-state index in [0.29, 0.717) is 0 Å². The molecule has 0 spiro atoms. The molecule has 35 heavy (non-hydrogen) atoms. The Morgan fingerprint density at radius 3 is 1.31 bits per heavy atom. The molecule has 178 valence electrons. The van der Waals surface area contributed by atoms with Crippen LogP contribution in [0.3, 0.4) is 0 Å². The lowest BCUT2D eigenvalue weighted by Crippen LogP contribution is -2.31. The summed E-state index contributed by atoms with van der Waals surface area (Å²) in [4.78, 5) is 0. The Balaban J connectivity index is 1.99. The maximum absolute atomic E-state index is 2.52. The van der Waals surface area contributed by atoms with Crippen LogP contribution in [-0.4, -0.2) is 0 Å². The van der Waals surface area contributed by atoms with Crippen molar-refractivity contribution in [1.82, 2.24) is 0 Å². The zero-order valence-corrected chi connectivity index (χ0v) is 22.3. The molecule has 0 saturated heterocycles. The molecule has 1 aliphatic carbocycles. The van der Waals surface area contributed by atoms with E-state index in [2.05, 4.69) is 114 Å². The molecule has 0 heterocycles. The summed E-state index contributed by atoms with van der Waals surface area (Å²) >= 11 is 0. The molecule has 0 amide bonds. The molecule has 5 rings (SSSR count). The zero-order chi connectivity index (χ0) is 24.7. The lowest BCUT2D eigenvalue weighted by Gasteiger charge is -2.37. The molecule has 0 heteroatoms. The molecule has 0 bridgehead atoms. The monoisotopic (exact) mass is 458 g/mol. The minimum absolute atomic E-state index is 0.315. The molecular weight excluding hydrogens is 420 g/mol. The highest BCUT2D eigenvalue weighted by molar-refractivity contribution is 5.87. The molecule has 0 unspecified atom stereocenters. The summed E-state index contributed by atoms with van der Waals surface area (Å²) in [5.74, 6) is 0. The van der Waals surface area contributed by atoms with Crippen molar-refractivity contribution in [3.05, 3.63) is 128 Å². The minimum Gasteiger partial charge on any atom is -0.0651 e. The van der Waals surface area contributed by atoms with Gasteiger partial charge in [-0.2, -0.15) is 0 Å². The van der Waals surface area contributed by atoms with Crippen LogP contribution in [-0.2, 0) is 18.3 Å². The number of aryl methyl sites for hydroxylation is 6. The van der Waals surface area contributed by atoms with Crippen molar-refractivity contribution in [2.45, 2.75) is 72.6 Å². The normalized spacial score (nSPS) is 13.5. The molecule has 0 atom stereocenters. The summed E-state index contributed by atoms with van der Waals surface area (Å²) in [6, 6.07) is 28.6. The first kappa shape index (κ1) is 23.6. The second-order valence-corrected chi connectivity index (χ2v) is 10.6. The Hall–Kier alpha value is -3.12. The summed E-state index contributed by atoms with van der Waals surface area (Å²) < 4.78 is 0. The number of hydrogen-bond acceptors (Lipinski definition) is 0. The van der Waals surface area contributed by atoms with Gasteiger partial charge in [0.05, 0.1) is 5.41 Å². The van der Waals surface area contributed by atoms with Crippen molar-refractivity contribution in [2.24, 2.45) is 0 Å². The van der Waals surface area contributed by atoms with E-state index in [-0.39, 0.29) is 5.41 Å². The standard InChI is InChI=1S/C35H38/c1-7-9-27-15-13-25(5)31(21-27)35(32-22-28(10-8-2)16-14-26(32)6)33-19-23(3)11-17-29(33)30-18-12-24(4)20-34(30)35/h11-22H,7-10H2,1-6H3. The van der Waals surface area contributed by atoms with E-state index in [1.807, 2.05) is 0 Å². The number of fused-ring (bicyclic) bond motifs is 3. The Morgan fingerprint density at radius 1 is 0.486 bits per heavy atom. The fraction of sp³-hybridized carbons (Fsp3) is 0.314. The average Bonchev–Trinajstić information content (AvgIpc) is 3.11. The molecule has 0 radical (unpaired) electrons. The van der Waals surface area contributed by atoms with Crippen molar-refractivity contribution < 1.29 is 0 Å². The predicted octanol–water partition coefficient (Wildman–Crippen LogP) is 9.19. The summed E-state index contributed by atoms with van der Waals surface area (Å²) in [6.07, 6.45) is 4.54. The van der Waals surface area contributed by atoms with Crippen LogP contribution in [0.4, 0.5) is 0 Å². The highest BCUT2D eigenvalue weighted by Crippen LogP contribution is 2.58. The van der Waals surface area contributed by atoms with Gasteiger partial charge in [0.2, 0.25) is 0 Å². The van der Waals surface area contributed by atoms with Crippen molar-refractivity contribution >= 4 is 0 Å². The molecule has 0 nitrogen and oxygen atoms in total. The fourth-order valence-corrected chi connectivity index (χ4v) is 6.31. The van der Waals surface area contributed by atoms with Crippen LogP contribution < -0.4 is 0 Å². The van der Waals surface area contributed by atoms with E-state index in [1.54, 1.807) is 0 Å². The van der Waals surface area contributed by atoms with Gasteiger partial charge in [-0.1, -0.05) is 111 Å². The van der Waals surface area contributed by atoms with Crippen LogP contribution in [0.25, 0.3) is 11.1 Å². The lowest BCUT2D eigenvalue weighted by atomic mass is 9.64. The van der Waals surface area contributed by atoms with Gasteiger partial charge in [0.15, 0.2) is 0 Å². The third-order valence-electron chi connectivity index (χ3n) is 7.94. The van der Waals surface area contributed by atoms with E-state index < -0.39 is 0 Å². The molecule has 0 fully saturated rings. The van der Waals surface area contributed by atoms with Crippen LogP contribution in [0.5, 0.6) is 0 Å². The third kappa shape index (κ3) is 3.75. The van der Waals surface area contributed by atoms with Crippen molar-refractivity contribution in [1.29, 1.82) is 0 Å². The van der Waals surface area contributed by atoms with Gasteiger partial charge in [0.1, 0.15) is 0 Å². The highest BCUT2D eigenvalue weighted by Gasteiger charge is 2.47. The number of rotatable bonds is 6. The first-order chi connectivity index (χ1) is 16.9. The van der Waals surface area contributed by atoms with Crippen LogP contribution in [0, 0.1) is 27.7 Å². The number of hydrogen-bond donors (Lipinski definition) is 0. The van der Waals surface area contributed by atoms with Gasteiger partial charge in [0.25, 0.3) is 0 Å². The minimum atomic E-state index is -0.315. The summed E-state index contributed by atoms with van der Waals surface area (Å²) in [5, 5.41) is 0.